The molecule has 1 spiro atoms. The number of fused-ring (bicyclic) bond motifs is 2. The van der Waals surface area contributed by atoms with Crippen molar-refractivity contribution in [2.45, 2.75) is 75.1 Å². The molecule has 1 N–H and O–H groups in total. The molecular formula is C30H35N5O4S. The van der Waals surface area contributed by atoms with Crippen molar-refractivity contribution >= 4 is 21.6 Å². The fourth-order valence-corrected chi connectivity index (χ4v) is 6.96. The molecule has 3 aliphatic rings. The Labute approximate surface area is 235 Å². The zero-order valence-electron chi connectivity index (χ0n) is 23.0. The van der Waals surface area contributed by atoms with E-state index in [2.05, 4.69) is 15.3 Å². The van der Waals surface area contributed by atoms with Gasteiger partial charge in [0.25, 0.3) is 0 Å². The number of ether oxygens (including phenoxy) is 1. The summed E-state index contributed by atoms with van der Waals surface area (Å²) in [5.41, 5.74) is 5.17. The molecular weight excluding hydrogens is 526 g/mol. The van der Waals surface area contributed by atoms with Crippen molar-refractivity contribution in [3.05, 3.63) is 59.7 Å². The summed E-state index contributed by atoms with van der Waals surface area (Å²) in [5, 5.41) is 3.03. The minimum absolute atomic E-state index is 0.0566. The Morgan fingerprint density at radius 2 is 1.82 bits per heavy atom. The van der Waals surface area contributed by atoms with E-state index in [-0.39, 0.29) is 17.2 Å². The predicted molar refractivity (Wildman–Crippen MR) is 152 cm³/mol. The number of sulfone groups is 1. The second kappa shape index (κ2) is 10.5. The molecule has 40 heavy (non-hydrogen) atoms. The number of rotatable bonds is 8. The first kappa shape index (κ1) is 26.7. The first-order valence-corrected chi connectivity index (χ1v) is 15.9. The third kappa shape index (κ3) is 4.82. The minimum Gasteiger partial charge on any atom is -0.477 e. The smallest absolute Gasteiger partial charge is 0.322 e. The lowest BCUT2D eigenvalue weighted by Gasteiger charge is -2.24. The van der Waals surface area contributed by atoms with Crippen LogP contribution in [0.3, 0.4) is 0 Å². The second-order valence-electron chi connectivity index (χ2n) is 11.0. The van der Waals surface area contributed by atoms with E-state index in [1.165, 1.54) is 0 Å². The average molecular weight is 562 g/mol. The maximum absolute atomic E-state index is 13.5. The number of anilines is 1. The maximum atomic E-state index is 13.5. The molecule has 0 unspecified atom stereocenters. The van der Waals surface area contributed by atoms with Gasteiger partial charge in [0.1, 0.15) is 6.33 Å². The molecule has 1 aliphatic heterocycles. The van der Waals surface area contributed by atoms with Gasteiger partial charge in [-0.15, -0.1) is 0 Å². The predicted octanol–water partition coefficient (Wildman–Crippen LogP) is 5.15. The molecule has 2 fully saturated rings. The Morgan fingerprint density at radius 1 is 1.07 bits per heavy atom. The topological polar surface area (TPSA) is 114 Å². The fourth-order valence-electron chi connectivity index (χ4n) is 6.08. The molecule has 3 heterocycles. The van der Waals surface area contributed by atoms with Crippen LogP contribution in [0.15, 0.2) is 47.6 Å². The number of benzene rings is 1. The van der Waals surface area contributed by atoms with Crippen LogP contribution in [-0.2, 0) is 21.8 Å². The van der Waals surface area contributed by atoms with Crippen LogP contribution in [0.2, 0.25) is 0 Å². The number of carbonyl (C=O) groups is 1. The highest BCUT2D eigenvalue weighted by Crippen LogP contribution is 2.51. The number of nitrogens with one attached hydrogen (secondary N) is 1. The van der Waals surface area contributed by atoms with E-state index in [4.69, 9.17) is 9.72 Å². The lowest BCUT2D eigenvalue weighted by Crippen LogP contribution is -2.41. The first-order chi connectivity index (χ1) is 19.3. The van der Waals surface area contributed by atoms with Crippen molar-refractivity contribution < 1.29 is 17.9 Å². The molecule has 6 rings (SSSR count). The average Bonchev–Trinajstić information content (AvgIpc) is 3.64. The van der Waals surface area contributed by atoms with E-state index in [9.17, 15) is 13.2 Å². The molecule has 2 aliphatic carbocycles. The van der Waals surface area contributed by atoms with Crippen molar-refractivity contribution in [3.8, 4) is 17.1 Å². The minimum atomic E-state index is -3.26. The molecule has 0 bridgehead atoms. The van der Waals surface area contributed by atoms with E-state index < -0.39 is 9.84 Å². The molecule has 2 amide bonds. The Morgan fingerprint density at radius 3 is 2.50 bits per heavy atom. The number of hydrogen-bond acceptors (Lipinski definition) is 7. The van der Waals surface area contributed by atoms with Crippen LogP contribution in [0.5, 0.6) is 5.88 Å². The fraction of sp³-hybridized carbons (Fsp3) is 0.467. The first-order valence-electron chi connectivity index (χ1n) is 14.2. The number of urea groups is 1. The summed E-state index contributed by atoms with van der Waals surface area (Å²) in [6, 6.07) is 10.5. The van der Waals surface area contributed by atoms with Crippen LogP contribution in [0.25, 0.3) is 11.3 Å². The van der Waals surface area contributed by atoms with Gasteiger partial charge in [0.2, 0.25) is 5.88 Å². The van der Waals surface area contributed by atoms with Crippen LogP contribution in [0.1, 0.15) is 75.2 Å². The van der Waals surface area contributed by atoms with Crippen LogP contribution in [0, 0.1) is 0 Å². The Bertz CT molecular complexity index is 1530. The van der Waals surface area contributed by atoms with Gasteiger partial charge < -0.3 is 10.1 Å². The number of carbonyl (C=O) groups excluding carboxylic acids is 1. The Hall–Kier alpha value is -3.53. The van der Waals surface area contributed by atoms with Gasteiger partial charge in [0.05, 0.1) is 45.6 Å². The van der Waals surface area contributed by atoms with E-state index in [0.717, 1.165) is 72.4 Å². The van der Waals surface area contributed by atoms with Gasteiger partial charge in [-0.25, -0.2) is 28.2 Å². The Balaban J connectivity index is 1.28. The zero-order valence-corrected chi connectivity index (χ0v) is 23.8. The van der Waals surface area contributed by atoms with Crippen molar-refractivity contribution in [2.24, 2.45) is 0 Å². The van der Waals surface area contributed by atoms with Crippen molar-refractivity contribution in [1.29, 1.82) is 0 Å². The normalized spacial score (nSPS) is 17.7. The summed E-state index contributed by atoms with van der Waals surface area (Å²) in [6.07, 6.45) is 8.00. The van der Waals surface area contributed by atoms with Gasteiger partial charge in [0, 0.05) is 24.4 Å². The van der Waals surface area contributed by atoms with Gasteiger partial charge in [-0.3, -0.25) is 4.90 Å². The highest BCUT2D eigenvalue weighted by Gasteiger charge is 2.48. The molecule has 2 saturated carbocycles. The summed E-state index contributed by atoms with van der Waals surface area (Å²) in [5.74, 6) is 1.03. The largest absolute Gasteiger partial charge is 0.477 e. The van der Waals surface area contributed by atoms with E-state index in [0.29, 0.717) is 36.4 Å². The van der Waals surface area contributed by atoms with Crippen LogP contribution >= 0.6 is 0 Å². The molecule has 2 aromatic heterocycles. The molecule has 0 saturated heterocycles. The molecule has 10 heteroatoms. The standard InChI is InChI=1S/C30H35N5O4S/c1-3-39-28-25(26(21-9-10-21)32-19-33-28)23-13-14-24-27(34-23)30(15-5-6-16-30)18-35(24)29(36)31-17-20-7-11-22(12-8-20)40(37,38)4-2/h7-8,11-14,19,21H,3-6,9-10,15-18H2,1-2H3,(H,31,36). The van der Waals surface area contributed by atoms with Crippen LogP contribution < -0.4 is 15.0 Å². The summed E-state index contributed by atoms with van der Waals surface area (Å²) in [4.78, 5) is 29.9. The van der Waals surface area contributed by atoms with Crippen LogP contribution in [0.4, 0.5) is 10.5 Å². The third-order valence-electron chi connectivity index (χ3n) is 8.38. The summed E-state index contributed by atoms with van der Waals surface area (Å²) in [6.45, 7) is 4.99. The molecule has 0 atom stereocenters. The molecule has 3 aromatic rings. The van der Waals surface area contributed by atoms with E-state index in [1.54, 1.807) is 37.5 Å². The molecule has 1 aromatic carbocycles. The monoisotopic (exact) mass is 561 g/mol. The Kier molecular flexibility index (Phi) is 6.98. The van der Waals surface area contributed by atoms with Gasteiger partial charge in [-0.2, -0.15) is 0 Å². The number of nitrogens with zero attached hydrogens (tertiary/aromatic N) is 4. The lowest BCUT2D eigenvalue weighted by molar-refractivity contribution is 0.245. The van der Waals surface area contributed by atoms with Gasteiger partial charge in [-0.1, -0.05) is 31.9 Å². The maximum Gasteiger partial charge on any atom is 0.322 e. The zero-order chi connectivity index (χ0) is 27.9. The molecule has 9 nitrogen and oxygen atoms in total. The second-order valence-corrected chi connectivity index (χ2v) is 13.3. The molecule has 0 radical (unpaired) electrons. The number of pyridine rings is 1. The summed E-state index contributed by atoms with van der Waals surface area (Å²) < 4.78 is 30.1. The highest BCUT2D eigenvalue weighted by molar-refractivity contribution is 7.91. The number of amides is 2. The van der Waals surface area contributed by atoms with E-state index in [1.807, 2.05) is 24.0 Å². The van der Waals surface area contributed by atoms with E-state index >= 15 is 0 Å². The summed E-state index contributed by atoms with van der Waals surface area (Å²) >= 11 is 0. The van der Waals surface area contributed by atoms with Gasteiger partial charge >= 0.3 is 6.03 Å². The van der Waals surface area contributed by atoms with Gasteiger partial charge in [-0.05, 0) is 62.4 Å². The van der Waals surface area contributed by atoms with Crippen molar-refractivity contribution in [2.75, 3.05) is 23.8 Å². The quantitative estimate of drug-likeness (QED) is 0.405. The third-order valence-corrected chi connectivity index (χ3v) is 10.1. The highest BCUT2D eigenvalue weighted by atomic mass is 32.2. The lowest BCUT2D eigenvalue weighted by atomic mass is 9.84. The van der Waals surface area contributed by atoms with Crippen molar-refractivity contribution in [1.82, 2.24) is 20.3 Å². The number of aromatic nitrogens is 3. The SMILES string of the molecule is CCOc1ncnc(C2CC2)c1-c1ccc2c(n1)C1(CCCC1)CN2C(=O)NCc1ccc(S(=O)(=O)CC)cc1. The van der Waals surface area contributed by atoms with Crippen LogP contribution in [-0.4, -0.2) is 48.3 Å². The summed E-state index contributed by atoms with van der Waals surface area (Å²) in [7, 11) is -3.26. The van der Waals surface area contributed by atoms with Crippen molar-refractivity contribution in [3.63, 3.8) is 0 Å². The van der Waals surface area contributed by atoms with Gasteiger partial charge in [0.15, 0.2) is 9.84 Å². The molecule has 210 valence electrons. The number of hydrogen-bond donors (Lipinski definition) is 1.